The fourth-order valence-corrected chi connectivity index (χ4v) is 3.27. The molecule has 0 aliphatic rings. The number of ketones is 1. The van der Waals surface area contributed by atoms with Crippen molar-refractivity contribution in [3.8, 4) is 0 Å². The highest BCUT2D eigenvalue weighted by Crippen LogP contribution is 2.15. The summed E-state index contributed by atoms with van der Waals surface area (Å²) >= 11 is 2.35. The summed E-state index contributed by atoms with van der Waals surface area (Å²) in [6.07, 6.45) is 0. The van der Waals surface area contributed by atoms with E-state index in [1.807, 2.05) is 0 Å². The molecule has 0 aliphatic heterocycles. The number of nitrogens with zero attached hydrogens (tertiary/aromatic N) is 2. The van der Waals surface area contributed by atoms with Crippen LogP contribution in [0.1, 0.15) is 11.4 Å². The van der Waals surface area contributed by atoms with E-state index in [9.17, 15) is 14.4 Å². The van der Waals surface area contributed by atoms with Gasteiger partial charge in [0.25, 0.3) is 11.1 Å². The number of aryl methyl sites for hydroxylation is 2. The molecule has 22 heavy (non-hydrogen) atoms. The molecule has 0 fully saturated rings. The Labute approximate surface area is 134 Å². The normalized spacial score (nSPS) is 10.6. The number of aromatic nitrogens is 4. The Balaban J connectivity index is 1.88. The number of rotatable bonds is 6. The topological polar surface area (TPSA) is 109 Å². The summed E-state index contributed by atoms with van der Waals surface area (Å²) < 4.78 is 0. The molecule has 9 heteroatoms. The van der Waals surface area contributed by atoms with E-state index in [0.29, 0.717) is 21.7 Å². The first kappa shape index (κ1) is 16.5. The van der Waals surface area contributed by atoms with E-state index >= 15 is 0 Å². The van der Waals surface area contributed by atoms with Crippen molar-refractivity contribution in [3.63, 3.8) is 0 Å². The molecule has 2 N–H and O–H groups in total. The summed E-state index contributed by atoms with van der Waals surface area (Å²) in [6.45, 7) is 3.44. The van der Waals surface area contributed by atoms with E-state index in [1.165, 1.54) is 35.7 Å². The van der Waals surface area contributed by atoms with E-state index in [2.05, 4.69) is 19.9 Å². The van der Waals surface area contributed by atoms with Crippen molar-refractivity contribution >= 4 is 29.3 Å². The molecule has 0 saturated heterocycles. The molecule has 0 aromatic carbocycles. The van der Waals surface area contributed by atoms with Gasteiger partial charge in [-0.3, -0.25) is 14.4 Å². The largest absolute Gasteiger partial charge is 0.301 e. The van der Waals surface area contributed by atoms with Crippen molar-refractivity contribution in [2.45, 2.75) is 24.2 Å². The summed E-state index contributed by atoms with van der Waals surface area (Å²) in [6, 6.07) is 2.78. The van der Waals surface area contributed by atoms with E-state index < -0.39 is 0 Å². The number of nitrogens with one attached hydrogen (secondary N) is 2. The molecule has 0 amide bonds. The number of hydrogen-bond acceptors (Lipinski definition) is 7. The van der Waals surface area contributed by atoms with Gasteiger partial charge in [-0.2, -0.15) is 0 Å². The first-order valence-electron chi connectivity index (χ1n) is 6.35. The molecule has 0 spiro atoms. The molecule has 2 aromatic rings. The van der Waals surface area contributed by atoms with Gasteiger partial charge < -0.3 is 9.97 Å². The number of carbonyl (C=O) groups is 1. The lowest BCUT2D eigenvalue weighted by Crippen LogP contribution is -2.12. The monoisotopic (exact) mass is 338 g/mol. The standard InChI is InChI=1S/C13H14N4O3S2/c1-7-3-10(19)16-12(14-7)21-5-9(18)6-22-13-15-8(2)4-11(20)17-13/h3-4H,5-6H2,1-2H3,(H,14,16,19)(H,15,17,20). The molecule has 116 valence electrons. The summed E-state index contributed by atoms with van der Waals surface area (Å²) in [5.41, 5.74) is 0.737. The maximum atomic E-state index is 11.8. The smallest absolute Gasteiger partial charge is 0.251 e. The molecule has 7 nitrogen and oxygen atoms in total. The molecule has 0 aliphatic carbocycles. The molecule has 2 aromatic heterocycles. The van der Waals surface area contributed by atoms with E-state index in [4.69, 9.17) is 0 Å². The molecule has 0 atom stereocenters. The number of carbonyl (C=O) groups excluding carboxylic acids is 1. The third-order valence-corrected chi connectivity index (χ3v) is 4.30. The van der Waals surface area contributed by atoms with Crippen molar-refractivity contribution in [2.24, 2.45) is 0 Å². The van der Waals surface area contributed by atoms with Crippen LogP contribution in [0.15, 0.2) is 32.0 Å². The zero-order chi connectivity index (χ0) is 16.1. The average molecular weight is 338 g/mol. The van der Waals surface area contributed by atoms with Gasteiger partial charge in [-0.15, -0.1) is 0 Å². The molecular formula is C13H14N4O3S2. The quantitative estimate of drug-likeness (QED) is 0.595. The lowest BCUT2D eigenvalue weighted by atomic mass is 10.5. The van der Waals surface area contributed by atoms with Crippen LogP contribution in [-0.4, -0.2) is 37.2 Å². The van der Waals surface area contributed by atoms with Gasteiger partial charge in [0.1, 0.15) is 0 Å². The molecule has 0 bridgehead atoms. The SMILES string of the molecule is Cc1cc(=O)[nH]c(SCC(=O)CSc2nc(C)cc(=O)[nH]2)n1. The highest BCUT2D eigenvalue weighted by molar-refractivity contribution is 8.01. The number of aromatic amines is 2. The maximum Gasteiger partial charge on any atom is 0.251 e. The average Bonchev–Trinajstić information content (AvgIpc) is 2.41. The number of thioether (sulfide) groups is 2. The molecule has 0 saturated carbocycles. The van der Waals surface area contributed by atoms with Crippen LogP contribution in [-0.2, 0) is 4.79 Å². The van der Waals surface area contributed by atoms with E-state index in [-0.39, 0.29) is 28.4 Å². The minimum atomic E-state index is -0.238. The van der Waals surface area contributed by atoms with Gasteiger partial charge in [-0.1, -0.05) is 23.5 Å². The van der Waals surface area contributed by atoms with Gasteiger partial charge in [0.05, 0.1) is 11.5 Å². The zero-order valence-corrected chi connectivity index (χ0v) is 13.6. The lowest BCUT2D eigenvalue weighted by Gasteiger charge is -2.02. The van der Waals surface area contributed by atoms with Crippen molar-refractivity contribution in [2.75, 3.05) is 11.5 Å². The molecule has 0 radical (unpaired) electrons. The van der Waals surface area contributed by atoms with Crippen molar-refractivity contribution in [1.82, 2.24) is 19.9 Å². The summed E-state index contributed by atoms with van der Waals surface area (Å²) in [5, 5.41) is 0.843. The van der Waals surface area contributed by atoms with Gasteiger partial charge in [-0.05, 0) is 13.8 Å². The number of Topliss-reactive ketones (excluding diaryl/α,β-unsaturated/α-hetero) is 1. The van der Waals surface area contributed by atoms with Crippen molar-refractivity contribution in [1.29, 1.82) is 0 Å². The Morgan fingerprint density at radius 2 is 1.36 bits per heavy atom. The van der Waals surface area contributed by atoms with Crippen LogP contribution in [0.25, 0.3) is 0 Å². The fraction of sp³-hybridized carbons (Fsp3) is 0.308. The third-order valence-electron chi connectivity index (χ3n) is 2.44. The van der Waals surface area contributed by atoms with Crippen molar-refractivity contribution < 1.29 is 4.79 Å². The van der Waals surface area contributed by atoms with Crippen LogP contribution in [0.2, 0.25) is 0 Å². The number of H-pyrrole nitrogens is 2. The first-order valence-corrected chi connectivity index (χ1v) is 8.33. The van der Waals surface area contributed by atoms with Gasteiger partial charge in [-0.25, -0.2) is 9.97 Å². The molecule has 2 rings (SSSR count). The maximum absolute atomic E-state index is 11.8. The fourth-order valence-electron chi connectivity index (χ4n) is 1.58. The molecule has 2 heterocycles. The second-order valence-electron chi connectivity index (χ2n) is 4.50. The Kier molecular flexibility index (Phi) is 5.56. The highest BCUT2D eigenvalue weighted by Gasteiger charge is 2.08. The van der Waals surface area contributed by atoms with Crippen molar-refractivity contribution in [3.05, 3.63) is 44.2 Å². The number of hydrogen-bond donors (Lipinski definition) is 2. The minimum absolute atomic E-state index is 0.0386. The second kappa shape index (κ2) is 7.41. The van der Waals surface area contributed by atoms with Crippen LogP contribution in [0.5, 0.6) is 0 Å². The van der Waals surface area contributed by atoms with Gasteiger partial charge >= 0.3 is 0 Å². The van der Waals surface area contributed by atoms with E-state index in [1.54, 1.807) is 13.8 Å². The molecule has 0 unspecified atom stereocenters. The Morgan fingerprint density at radius 3 is 1.73 bits per heavy atom. The van der Waals surface area contributed by atoms with Gasteiger partial charge in [0.15, 0.2) is 16.1 Å². The van der Waals surface area contributed by atoms with Crippen LogP contribution in [0, 0.1) is 13.8 Å². The highest BCUT2D eigenvalue weighted by atomic mass is 32.2. The Morgan fingerprint density at radius 1 is 0.955 bits per heavy atom. The van der Waals surface area contributed by atoms with Crippen LogP contribution in [0.3, 0.4) is 0 Å². The minimum Gasteiger partial charge on any atom is -0.301 e. The third kappa shape index (κ3) is 5.15. The summed E-state index contributed by atoms with van der Waals surface area (Å²) in [4.78, 5) is 47.8. The lowest BCUT2D eigenvalue weighted by molar-refractivity contribution is -0.114. The van der Waals surface area contributed by atoms with Gasteiger partial charge in [0.2, 0.25) is 0 Å². The predicted molar refractivity (Wildman–Crippen MR) is 85.6 cm³/mol. The van der Waals surface area contributed by atoms with Crippen LogP contribution >= 0.6 is 23.5 Å². The molecular weight excluding hydrogens is 324 g/mol. The zero-order valence-electron chi connectivity index (χ0n) is 12.0. The summed E-state index contributed by atoms with van der Waals surface area (Å²) in [7, 11) is 0. The Hall–Kier alpha value is -1.87. The van der Waals surface area contributed by atoms with Crippen LogP contribution in [0.4, 0.5) is 0 Å². The Bertz CT molecular complexity index is 735. The second-order valence-corrected chi connectivity index (χ2v) is 6.43. The predicted octanol–water partition coefficient (Wildman–Crippen LogP) is 0.924. The van der Waals surface area contributed by atoms with E-state index in [0.717, 1.165) is 0 Å². The summed E-state index contributed by atoms with van der Waals surface area (Å²) in [5.74, 6) is 0.341. The first-order chi connectivity index (χ1) is 10.4. The van der Waals surface area contributed by atoms with Crippen LogP contribution < -0.4 is 11.1 Å². The van der Waals surface area contributed by atoms with Gasteiger partial charge in [0, 0.05) is 23.5 Å².